The Morgan fingerprint density at radius 3 is 2.24 bits per heavy atom. The van der Waals surface area contributed by atoms with Gasteiger partial charge < -0.3 is 24.4 Å². The Balaban J connectivity index is 0.00000300. The van der Waals surface area contributed by atoms with Gasteiger partial charge in [-0.25, -0.2) is 15.2 Å². The van der Waals surface area contributed by atoms with E-state index in [2.05, 4.69) is 33.8 Å². The number of nitrogens with one attached hydrogen (secondary N) is 2. The van der Waals surface area contributed by atoms with Crippen LogP contribution in [-0.2, 0) is 23.6 Å². The monoisotopic (exact) mass is 560 g/mol. The molecule has 4 N–H and O–H groups in total. The van der Waals surface area contributed by atoms with Crippen LogP contribution in [0.2, 0.25) is 0 Å². The van der Waals surface area contributed by atoms with Crippen LogP contribution in [0, 0.1) is 5.92 Å². The van der Waals surface area contributed by atoms with E-state index in [1.54, 1.807) is 47.8 Å². The third kappa shape index (κ3) is 11.6. The molecule has 0 aliphatic carbocycles. The zero-order chi connectivity index (χ0) is 28.9. The van der Waals surface area contributed by atoms with Crippen LogP contribution in [-0.4, -0.2) is 56.3 Å². The topological polar surface area (TPSA) is 145 Å². The van der Waals surface area contributed by atoms with Crippen molar-refractivity contribution >= 4 is 49.0 Å². The molecule has 37 heavy (non-hydrogen) atoms. The molecule has 212 valence electrons. The van der Waals surface area contributed by atoms with Crippen LogP contribution in [0.5, 0.6) is 0 Å². The molecule has 0 spiro atoms. The van der Waals surface area contributed by atoms with Crippen LogP contribution in [0.4, 0.5) is 0 Å². The normalized spacial score (nSPS) is 14.6. The number of hydrogen-bond donors (Lipinski definition) is 3. The first-order valence-electron chi connectivity index (χ1n) is 12.1. The molecule has 12 heteroatoms. The molecule has 0 aliphatic heterocycles. The number of rotatable bonds is 14. The molecule has 1 aromatic rings. The second-order valence-electron chi connectivity index (χ2n) is 9.59. The van der Waals surface area contributed by atoms with Gasteiger partial charge in [0.05, 0.1) is 18.5 Å². The maximum absolute atomic E-state index is 14.2. The summed E-state index contributed by atoms with van der Waals surface area (Å²) in [6.07, 6.45) is 4.52. The summed E-state index contributed by atoms with van der Waals surface area (Å²) in [6, 6.07) is 3.19. The SMILES string of the molecule is CCOC.CCOC(=O)C(C)(C)NP(=O)(NC(C)(C)C=O)c1ccc(/C(N=CN)=C(\CC(C)C)SC)o1. The maximum atomic E-state index is 14.2. The van der Waals surface area contributed by atoms with Crippen molar-refractivity contribution in [3.63, 3.8) is 0 Å². The minimum atomic E-state index is -3.82. The van der Waals surface area contributed by atoms with Crippen LogP contribution in [0.15, 0.2) is 26.4 Å². The summed E-state index contributed by atoms with van der Waals surface area (Å²) in [5.41, 5.74) is 3.66. The highest BCUT2D eigenvalue weighted by Gasteiger charge is 2.43. The molecule has 0 amide bonds. The Labute approximate surface area is 226 Å². The third-order valence-electron chi connectivity index (χ3n) is 4.69. The average Bonchev–Trinajstić information content (AvgIpc) is 3.31. The zero-order valence-corrected chi connectivity index (χ0v) is 25.5. The molecule has 1 aromatic heterocycles. The number of ether oxygens (including phenoxy) is 2. The third-order valence-corrected chi connectivity index (χ3v) is 8.17. The van der Waals surface area contributed by atoms with E-state index < -0.39 is 24.5 Å². The number of carbonyl (C=O) groups is 2. The molecule has 0 saturated carbocycles. The highest BCUT2D eigenvalue weighted by atomic mass is 32.2. The Bertz CT molecular complexity index is 970. The van der Waals surface area contributed by atoms with Gasteiger partial charge in [0.25, 0.3) is 7.44 Å². The molecule has 0 aromatic carbocycles. The van der Waals surface area contributed by atoms with E-state index >= 15 is 0 Å². The molecule has 0 aliphatic rings. The Kier molecular flexibility index (Phi) is 15.3. The summed E-state index contributed by atoms with van der Waals surface area (Å²) in [5, 5.41) is 5.69. The fourth-order valence-electron chi connectivity index (χ4n) is 2.94. The average molecular weight is 561 g/mol. The molecule has 10 nitrogen and oxygen atoms in total. The van der Waals surface area contributed by atoms with Gasteiger partial charge in [0, 0.05) is 18.6 Å². The van der Waals surface area contributed by atoms with E-state index in [9.17, 15) is 14.2 Å². The molecule has 0 saturated heterocycles. The summed E-state index contributed by atoms with van der Waals surface area (Å²) < 4.78 is 29.8. The van der Waals surface area contributed by atoms with Gasteiger partial charge in [0.15, 0.2) is 11.3 Å². The van der Waals surface area contributed by atoms with E-state index in [4.69, 9.17) is 14.9 Å². The van der Waals surface area contributed by atoms with Gasteiger partial charge in [0.1, 0.15) is 17.5 Å². The number of nitrogens with two attached hydrogens (primary N) is 1. The lowest BCUT2D eigenvalue weighted by atomic mass is 10.1. The number of furan rings is 1. The number of hydrogen-bond acceptors (Lipinski definition) is 8. The van der Waals surface area contributed by atoms with Crippen molar-refractivity contribution in [3.8, 4) is 0 Å². The smallest absolute Gasteiger partial charge is 0.326 e. The van der Waals surface area contributed by atoms with E-state index in [1.807, 2.05) is 13.2 Å². The minimum absolute atomic E-state index is 0.0412. The van der Waals surface area contributed by atoms with Crippen LogP contribution in [0.25, 0.3) is 5.70 Å². The van der Waals surface area contributed by atoms with Crippen LogP contribution >= 0.6 is 19.2 Å². The van der Waals surface area contributed by atoms with Gasteiger partial charge in [-0.2, -0.15) is 0 Å². The van der Waals surface area contributed by atoms with Crippen LogP contribution in [0.3, 0.4) is 0 Å². The summed E-state index contributed by atoms with van der Waals surface area (Å²) in [4.78, 5) is 29.3. The van der Waals surface area contributed by atoms with Crippen molar-refractivity contribution in [1.29, 1.82) is 0 Å². The molecule has 1 unspecified atom stereocenters. The second-order valence-corrected chi connectivity index (χ2v) is 12.6. The molecular formula is C25H45N4O6PS. The predicted octanol–water partition coefficient (Wildman–Crippen LogP) is 4.31. The largest absolute Gasteiger partial charge is 0.465 e. The zero-order valence-electron chi connectivity index (χ0n) is 23.8. The molecule has 1 rings (SSSR count). The Morgan fingerprint density at radius 1 is 1.22 bits per heavy atom. The van der Waals surface area contributed by atoms with Crippen LogP contribution in [0.1, 0.15) is 67.6 Å². The van der Waals surface area contributed by atoms with Crippen molar-refractivity contribution < 1.29 is 28.0 Å². The first-order chi connectivity index (χ1) is 17.2. The maximum Gasteiger partial charge on any atom is 0.326 e. The lowest BCUT2D eigenvalue weighted by Crippen LogP contribution is -2.53. The number of carbonyl (C=O) groups excluding carboxylic acids is 2. The summed E-state index contributed by atoms with van der Waals surface area (Å²) in [6.45, 7) is 15.1. The number of thioether (sulfide) groups is 1. The van der Waals surface area contributed by atoms with Gasteiger partial charge in [-0.1, -0.05) is 13.8 Å². The van der Waals surface area contributed by atoms with Crippen molar-refractivity contribution in [2.75, 3.05) is 26.6 Å². The molecule has 0 radical (unpaired) electrons. The number of allylic oxidation sites excluding steroid dienone is 1. The van der Waals surface area contributed by atoms with Crippen molar-refractivity contribution in [1.82, 2.24) is 10.2 Å². The van der Waals surface area contributed by atoms with E-state index in [1.165, 1.54) is 24.2 Å². The van der Waals surface area contributed by atoms with E-state index in [-0.39, 0.29) is 12.1 Å². The highest BCUT2D eigenvalue weighted by molar-refractivity contribution is 8.02. The lowest BCUT2D eigenvalue weighted by Gasteiger charge is -2.32. The Morgan fingerprint density at radius 2 is 1.81 bits per heavy atom. The predicted molar refractivity (Wildman–Crippen MR) is 153 cm³/mol. The summed E-state index contributed by atoms with van der Waals surface area (Å²) >= 11 is 1.53. The molecular weight excluding hydrogens is 515 g/mol. The summed E-state index contributed by atoms with van der Waals surface area (Å²) in [7, 11) is -2.14. The van der Waals surface area contributed by atoms with Crippen LogP contribution < -0.4 is 21.4 Å². The van der Waals surface area contributed by atoms with Gasteiger partial charge in [-0.15, -0.1) is 11.8 Å². The van der Waals surface area contributed by atoms with Gasteiger partial charge in [-0.3, -0.25) is 9.36 Å². The van der Waals surface area contributed by atoms with Crippen molar-refractivity contribution in [2.45, 2.75) is 72.9 Å². The number of methoxy groups -OCH3 is 1. The first kappa shape index (κ1) is 35.1. The number of aldehydes is 1. The number of nitrogens with zero attached hydrogens (tertiary/aromatic N) is 1. The summed E-state index contributed by atoms with van der Waals surface area (Å²) in [5.74, 6) is 0.161. The van der Waals surface area contributed by atoms with Gasteiger partial charge in [0.2, 0.25) is 0 Å². The fraction of sp³-hybridized carbons (Fsp3) is 0.640. The second kappa shape index (κ2) is 16.1. The number of esters is 1. The fourth-order valence-corrected chi connectivity index (χ4v) is 6.32. The highest BCUT2D eigenvalue weighted by Crippen LogP contribution is 2.42. The number of aliphatic imine (C=N–C) groups is 1. The minimum Gasteiger partial charge on any atom is -0.465 e. The van der Waals surface area contributed by atoms with Crippen molar-refractivity contribution in [3.05, 3.63) is 22.8 Å². The lowest BCUT2D eigenvalue weighted by molar-refractivity contribution is -0.148. The Hall–Kier alpha value is -1.91. The quantitative estimate of drug-likeness (QED) is 0.0989. The standard InChI is InChI=1S/C22H37N4O5PS.C3H8O/c1-9-30-20(28)22(6,7)26-32(29,25-21(4,5)13-27)18-11-10-16(31-18)19(24-14-23)17(33-8)12-15(2)3;1-3-4-2/h10-11,13-15H,9,12H2,1-8H3,(H2,23,24)(H2,25,26,29);3H2,1-2H3/b19-17-;. The molecule has 0 bridgehead atoms. The molecule has 1 atom stereocenters. The van der Waals surface area contributed by atoms with E-state index in [0.29, 0.717) is 23.7 Å². The first-order valence-corrected chi connectivity index (χ1v) is 15.0. The van der Waals surface area contributed by atoms with Crippen molar-refractivity contribution in [2.24, 2.45) is 16.6 Å². The van der Waals surface area contributed by atoms with Gasteiger partial charge in [-0.05, 0) is 72.3 Å². The van der Waals surface area contributed by atoms with Gasteiger partial charge >= 0.3 is 5.97 Å². The molecule has 1 heterocycles. The van der Waals surface area contributed by atoms with E-state index in [0.717, 1.165) is 17.9 Å². The molecule has 0 fully saturated rings.